The number of rotatable bonds is 2. The largest absolute Gasteiger partial charge is 0.323 e. The highest BCUT2D eigenvalue weighted by Gasteiger charge is 2.04. The average Bonchev–Trinajstić information content (AvgIpc) is 2.43. The van der Waals surface area contributed by atoms with E-state index in [9.17, 15) is 4.79 Å². The van der Waals surface area contributed by atoms with E-state index in [1.165, 1.54) is 0 Å². The van der Waals surface area contributed by atoms with Crippen molar-refractivity contribution in [3.63, 3.8) is 0 Å². The highest BCUT2D eigenvalue weighted by Crippen LogP contribution is 2.20. The second-order valence-electron chi connectivity index (χ2n) is 4.24. The van der Waals surface area contributed by atoms with E-state index in [2.05, 4.69) is 10.6 Å². The number of halogens is 1. The lowest BCUT2D eigenvalue weighted by Gasteiger charge is -2.08. The van der Waals surface area contributed by atoms with Gasteiger partial charge in [0.05, 0.1) is 11.6 Å². The summed E-state index contributed by atoms with van der Waals surface area (Å²) in [5, 5.41) is 14.7. The summed E-state index contributed by atoms with van der Waals surface area (Å²) in [7, 11) is 0. The Morgan fingerprint density at radius 3 is 2.50 bits per heavy atom. The molecule has 0 bridgehead atoms. The lowest BCUT2D eigenvalue weighted by Crippen LogP contribution is -2.19. The van der Waals surface area contributed by atoms with Crippen LogP contribution in [0.3, 0.4) is 0 Å². The molecule has 100 valence electrons. The van der Waals surface area contributed by atoms with Crippen LogP contribution in [0.25, 0.3) is 0 Å². The summed E-state index contributed by atoms with van der Waals surface area (Å²) in [6.45, 7) is 1.89. The van der Waals surface area contributed by atoms with E-state index in [1.54, 1.807) is 36.4 Å². The summed E-state index contributed by atoms with van der Waals surface area (Å²) in [4.78, 5) is 11.8. The third-order valence-electron chi connectivity index (χ3n) is 2.68. The molecule has 0 fully saturated rings. The summed E-state index contributed by atoms with van der Waals surface area (Å²) in [6.07, 6.45) is 0. The van der Waals surface area contributed by atoms with Crippen molar-refractivity contribution in [2.24, 2.45) is 0 Å². The minimum absolute atomic E-state index is 0.389. The molecule has 2 amide bonds. The van der Waals surface area contributed by atoms with Crippen LogP contribution in [0.5, 0.6) is 0 Å². The Labute approximate surface area is 122 Å². The number of hydrogen-bond acceptors (Lipinski definition) is 2. The lowest BCUT2D eigenvalue weighted by atomic mass is 10.2. The van der Waals surface area contributed by atoms with Crippen molar-refractivity contribution in [2.75, 3.05) is 10.6 Å². The normalized spacial score (nSPS) is 9.65. The van der Waals surface area contributed by atoms with Crippen LogP contribution in [-0.4, -0.2) is 6.03 Å². The van der Waals surface area contributed by atoms with Crippen molar-refractivity contribution >= 4 is 29.0 Å². The number of aryl methyl sites for hydroxylation is 1. The second-order valence-corrected chi connectivity index (χ2v) is 4.64. The predicted octanol–water partition coefficient (Wildman–Crippen LogP) is 4.16. The molecule has 0 spiro atoms. The van der Waals surface area contributed by atoms with Crippen LogP contribution in [0.4, 0.5) is 16.2 Å². The van der Waals surface area contributed by atoms with Crippen molar-refractivity contribution < 1.29 is 4.79 Å². The van der Waals surface area contributed by atoms with Crippen LogP contribution in [0.2, 0.25) is 5.02 Å². The maximum absolute atomic E-state index is 11.8. The van der Waals surface area contributed by atoms with E-state index in [1.807, 2.05) is 19.1 Å². The molecule has 0 saturated heterocycles. The average molecular weight is 286 g/mol. The molecule has 20 heavy (non-hydrogen) atoms. The van der Waals surface area contributed by atoms with Crippen LogP contribution in [0.1, 0.15) is 11.1 Å². The molecule has 0 saturated carbocycles. The van der Waals surface area contributed by atoms with E-state index in [4.69, 9.17) is 16.9 Å². The number of amides is 2. The van der Waals surface area contributed by atoms with Crippen LogP contribution in [0.15, 0.2) is 42.5 Å². The van der Waals surface area contributed by atoms with E-state index in [0.717, 1.165) is 5.56 Å². The number of benzene rings is 2. The van der Waals surface area contributed by atoms with Gasteiger partial charge < -0.3 is 10.6 Å². The highest BCUT2D eigenvalue weighted by molar-refractivity contribution is 6.31. The van der Waals surface area contributed by atoms with Gasteiger partial charge in [-0.15, -0.1) is 0 Å². The molecule has 0 aliphatic carbocycles. The first-order valence-corrected chi connectivity index (χ1v) is 6.30. The van der Waals surface area contributed by atoms with Gasteiger partial charge in [0.1, 0.15) is 0 Å². The van der Waals surface area contributed by atoms with Crippen molar-refractivity contribution in [2.45, 2.75) is 6.92 Å². The van der Waals surface area contributed by atoms with Crippen molar-refractivity contribution in [1.82, 2.24) is 0 Å². The van der Waals surface area contributed by atoms with E-state index in [-0.39, 0.29) is 6.03 Å². The molecule has 2 aromatic rings. The minimum atomic E-state index is -0.389. The monoisotopic (exact) mass is 285 g/mol. The van der Waals surface area contributed by atoms with Gasteiger partial charge >= 0.3 is 6.03 Å². The number of hydrogen-bond donors (Lipinski definition) is 2. The summed E-state index contributed by atoms with van der Waals surface area (Å²) >= 11 is 5.99. The minimum Gasteiger partial charge on any atom is -0.308 e. The Kier molecular flexibility index (Phi) is 4.24. The molecular weight excluding hydrogens is 274 g/mol. The van der Waals surface area contributed by atoms with Gasteiger partial charge in [-0.2, -0.15) is 5.26 Å². The molecular formula is C15H12ClN3O. The van der Waals surface area contributed by atoms with Gasteiger partial charge in [-0.3, -0.25) is 0 Å². The zero-order valence-corrected chi connectivity index (χ0v) is 11.5. The van der Waals surface area contributed by atoms with Crippen molar-refractivity contribution in [3.8, 4) is 6.07 Å². The molecule has 5 heteroatoms. The standard InChI is InChI=1S/C15H12ClN3O/c1-10-5-6-13(8-14(10)16)19-15(20)18-12-4-2-3-11(7-12)9-17/h2-8H,1H3,(H2,18,19,20). The summed E-state index contributed by atoms with van der Waals surface area (Å²) in [5.74, 6) is 0. The van der Waals surface area contributed by atoms with Gasteiger partial charge in [0, 0.05) is 16.4 Å². The first-order chi connectivity index (χ1) is 9.58. The Bertz CT molecular complexity index is 692. The SMILES string of the molecule is Cc1ccc(NC(=O)Nc2cccc(C#N)c2)cc1Cl. The Hall–Kier alpha value is -2.51. The molecule has 0 radical (unpaired) electrons. The van der Waals surface area contributed by atoms with Gasteiger partial charge in [-0.1, -0.05) is 23.7 Å². The number of anilines is 2. The summed E-state index contributed by atoms with van der Waals surface area (Å²) < 4.78 is 0. The zero-order valence-electron chi connectivity index (χ0n) is 10.8. The molecule has 0 unspecified atom stereocenters. The smallest absolute Gasteiger partial charge is 0.308 e. The molecule has 2 N–H and O–H groups in total. The maximum Gasteiger partial charge on any atom is 0.323 e. The number of nitrogens with zero attached hydrogens (tertiary/aromatic N) is 1. The van der Waals surface area contributed by atoms with Crippen LogP contribution in [-0.2, 0) is 0 Å². The van der Waals surface area contributed by atoms with Crippen LogP contribution >= 0.6 is 11.6 Å². The van der Waals surface area contributed by atoms with Gasteiger partial charge in [0.2, 0.25) is 0 Å². The third-order valence-corrected chi connectivity index (χ3v) is 3.09. The van der Waals surface area contributed by atoms with Gasteiger partial charge in [-0.05, 0) is 42.8 Å². The highest BCUT2D eigenvalue weighted by atomic mass is 35.5. The lowest BCUT2D eigenvalue weighted by molar-refractivity contribution is 0.262. The number of urea groups is 1. The fourth-order valence-corrected chi connectivity index (χ4v) is 1.81. The molecule has 2 aromatic carbocycles. The number of carbonyl (C=O) groups is 1. The summed E-state index contributed by atoms with van der Waals surface area (Å²) in [6, 6.07) is 13.6. The molecule has 0 aliphatic heterocycles. The first-order valence-electron chi connectivity index (χ1n) is 5.93. The van der Waals surface area contributed by atoms with E-state index >= 15 is 0 Å². The Balaban J connectivity index is 2.05. The Morgan fingerprint density at radius 2 is 1.85 bits per heavy atom. The molecule has 2 rings (SSSR count). The van der Waals surface area contributed by atoms with Crippen LogP contribution in [0, 0.1) is 18.3 Å². The molecule has 4 nitrogen and oxygen atoms in total. The topological polar surface area (TPSA) is 64.9 Å². The first kappa shape index (κ1) is 13.9. The van der Waals surface area contributed by atoms with Gasteiger partial charge in [0.25, 0.3) is 0 Å². The summed E-state index contributed by atoms with van der Waals surface area (Å²) in [5.41, 5.74) is 2.59. The number of nitriles is 1. The maximum atomic E-state index is 11.8. The van der Waals surface area contributed by atoms with Crippen molar-refractivity contribution in [3.05, 3.63) is 58.6 Å². The third kappa shape index (κ3) is 3.50. The van der Waals surface area contributed by atoms with Gasteiger partial charge in [-0.25, -0.2) is 4.79 Å². The zero-order chi connectivity index (χ0) is 14.5. The predicted molar refractivity (Wildman–Crippen MR) is 80.0 cm³/mol. The van der Waals surface area contributed by atoms with E-state index in [0.29, 0.717) is 22.0 Å². The van der Waals surface area contributed by atoms with Crippen molar-refractivity contribution in [1.29, 1.82) is 5.26 Å². The van der Waals surface area contributed by atoms with Crippen LogP contribution < -0.4 is 10.6 Å². The number of nitrogens with one attached hydrogen (secondary N) is 2. The quantitative estimate of drug-likeness (QED) is 0.870. The molecule has 0 aromatic heterocycles. The Morgan fingerprint density at radius 1 is 1.15 bits per heavy atom. The molecule has 0 aliphatic rings. The molecule has 0 atom stereocenters. The fraction of sp³-hybridized carbons (Fsp3) is 0.0667. The molecule has 0 heterocycles. The number of carbonyl (C=O) groups excluding carboxylic acids is 1. The fourth-order valence-electron chi connectivity index (χ4n) is 1.63. The van der Waals surface area contributed by atoms with E-state index < -0.39 is 0 Å². The van der Waals surface area contributed by atoms with Gasteiger partial charge in [0.15, 0.2) is 0 Å². The second kappa shape index (κ2) is 6.09.